The van der Waals surface area contributed by atoms with Gasteiger partial charge in [-0.1, -0.05) is 12.1 Å². The van der Waals surface area contributed by atoms with Gasteiger partial charge in [-0.05, 0) is 6.07 Å². The first kappa shape index (κ1) is 11.8. The molecule has 1 aromatic carbocycles. The van der Waals surface area contributed by atoms with Gasteiger partial charge in [0.1, 0.15) is 5.69 Å². The number of para-hydroxylation sites is 2. The summed E-state index contributed by atoms with van der Waals surface area (Å²) in [4.78, 5) is 12.4. The monoisotopic (exact) mass is 238 g/mol. The molecule has 0 saturated carbocycles. The van der Waals surface area contributed by atoms with Gasteiger partial charge in [-0.2, -0.15) is 0 Å². The van der Waals surface area contributed by atoms with E-state index in [9.17, 15) is 15.2 Å². The van der Waals surface area contributed by atoms with E-state index in [0.717, 1.165) is 0 Å². The second kappa shape index (κ2) is 5.11. The summed E-state index contributed by atoms with van der Waals surface area (Å²) in [5.41, 5.74) is 0.604. The fourth-order valence-corrected chi connectivity index (χ4v) is 1.98. The van der Waals surface area contributed by atoms with Gasteiger partial charge in [0.05, 0.1) is 30.8 Å². The number of ether oxygens (including phenoxy) is 1. The quantitative estimate of drug-likeness (QED) is 0.622. The average molecular weight is 238 g/mol. The zero-order valence-corrected chi connectivity index (χ0v) is 9.28. The van der Waals surface area contributed by atoms with Crippen molar-refractivity contribution < 1.29 is 14.8 Å². The lowest BCUT2D eigenvalue weighted by Gasteiger charge is -2.35. The molecule has 0 aromatic heterocycles. The summed E-state index contributed by atoms with van der Waals surface area (Å²) in [6.07, 6.45) is 0. The van der Waals surface area contributed by atoms with E-state index in [4.69, 9.17) is 4.74 Å². The molecule has 0 aliphatic carbocycles. The summed E-state index contributed by atoms with van der Waals surface area (Å²) in [6, 6.07) is 6.35. The number of nitrogens with zero attached hydrogens (tertiary/aromatic N) is 2. The molecule has 1 heterocycles. The summed E-state index contributed by atoms with van der Waals surface area (Å²) in [7, 11) is 0. The van der Waals surface area contributed by atoms with Crippen molar-refractivity contribution >= 4 is 11.4 Å². The molecule has 6 heteroatoms. The zero-order valence-electron chi connectivity index (χ0n) is 9.28. The van der Waals surface area contributed by atoms with E-state index >= 15 is 0 Å². The van der Waals surface area contributed by atoms with Gasteiger partial charge in [0.25, 0.3) is 5.69 Å². The minimum absolute atomic E-state index is 0.0628. The first-order chi connectivity index (χ1) is 8.24. The number of aliphatic hydroxyl groups is 1. The smallest absolute Gasteiger partial charge is 0.292 e. The molecule has 0 spiro atoms. The highest BCUT2D eigenvalue weighted by Crippen LogP contribution is 2.29. The first-order valence-corrected chi connectivity index (χ1v) is 5.42. The van der Waals surface area contributed by atoms with Gasteiger partial charge in [-0.3, -0.25) is 10.1 Å². The summed E-state index contributed by atoms with van der Waals surface area (Å²) in [5.74, 6) is 0. The van der Waals surface area contributed by atoms with E-state index in [-0.39, 0.29) is 18.3 Å². The first-order valence-electron chi connectivity index (χ1n) is 5.42. The Hall–Kier alpha value is -1.66. The maximum Gasteiger partial charge on any atom is 0.292 e. The number of hydrogen-bond acceptors (Lipinski definition) is 5. The zero-order chi connectivity index (χ0) is 12.3. The Bertz CT molecular complexity index is 410. The van der Waals surface area contributed by atoms with E-state index < -0.39 is 4.92 Å². The fourth-order valence-electron chi connectivity index (χ4n) is 1.98. The molecule has 2 rings (SSSR count). The number of benzene rings is 1. The molecular weight excluding hydrogens is 224 g/mol. The number of rotatable bonds is 3. The predicted molar refractivity (Wildman–Crippen MR) is 62.1 cm³/mol. The summed E-state index contributed by atoms with van der Waals surface area (Å²) in [6.45, 7) is 1.38. The van der Waals surface area contributed by atoms with E-state index in [0.29, 0.717) is 25.4 Å². The minimum Gasteiger partial charge on any atom is -0.394 e. The van der Waals surface area contributed by atoms with Crippen LogP contribution in [-0.2, 0) is 4.74 Å². The Morgan fingerprint density at radius 1 is 1.53 bits per heavy atom. The SMILES string of the molecule is O=[N+]([O-])c1ccccc1N1CCOCC1CO. The molecule has 1 atom stereocenters. The van der Waals surface area contributed by atoms with Gasteiger partial charge < -0.3 is 14.7 Å². The molecule has 1 unspecified atom stereocenters. The van der Waals surface area contributed by atoms with Crippen LogP contribution in [-0.4, -0.2) is 42.4 Å². The molecule has 1 fully saturated rings. The Morgan fingerprint density at radius 3 is 3.00 bits per heavy atom. The second-order valence-corrected chi connectivity index (χ2v) is 3.85. The van der Waals surface area contributed by atoms with Crippen LogP contribution in [0.2, 0.25) is 0 Å². The third-order valence-corrected chi connectivity index (χ3v) is 2.83. The molecule has 1 aromatic rings. The van der Waals surface area contributed by atoms with Gasteiger partial charge in [-0.25, -0.2) is 0 Å². The third kappa shape index (κ3) is 2.37. The van der Waals surface area contributed by atoms with Gasteiger partial charge in [0.15, 0.2) is 0 Å². The fraction of sp³-hybridized carbons (Fsp3) is 0.455. The molecule has 1 N–H and O–H groups in total. The van der Waals surface area contributed by atoms with Crippen molar-refractivity contribution in [1.29, 1.82) is 0 Å². The van der Waals surface area contributed by atoms with Gasteiger partial charge in [-0.15, -0.1) is 0 Å². The van der Waals surface area contributed by atoms with Crippen molar-refractivity contribution in [2.45, 2.75) is 6.04 Å². The molecule has 6 nitrogen and oxygen atoms in total. The largest absolute Gasteiger partial charge is 0.394 e. The Balaban J connectivity index is 2.34. The predicted octanol–water partition coefficient (Wildman–Crippen LogP) is 0.792. The Kier molecular flexibility index (Phi) is 3.55. The van der Waals surface area contributed by atoms with Crippen LogP contribution in [0.4, 0.5) is 11.4 Å². The van der Waals surface area contributed by atoms with Crippen molar-refractivity contribution in [2.24, 2.45) is 0 Å². The van der Waals surface area contributed by atoms with Crippen LogP contribution in [0.1, 0.15) is 0 Å². The van der Waals surface area contributed by atoms with Crippen LogP contribution >= 0.6 is 0 Å². The normalized spacial score (nSPS) is 20.3. The van der Waals surface area contributed by atoms with Crippen molar-refractivity contribution in [3.8, 4) is 0 Å². The molecule has 0 bridgehead atoms. The highest BCUT2D eigenvalue weighted by atomic mass is 16.6. The molecular formula is C11H14N2O4. The van der Waals surface area contributed by atoms with Crippen LogP contribution in [0.25, 0.3) is 0 Å². The highest BCUT2D eigenvalue weighted by molar-refractivity contribution is 5.63. The molecule has 1 aliphatic rings. The van der Waals surface area contributed by atoms with Crippen molar-refractivity contribution in [1.82, 2.24) is 0 Å². The number of hydrogen-bond donors (Lipinski definition) is 1. The van der Waals surface area contributed by atoms with Crippen LogP contribution < -0.4 is 4.90 Å². The van der Waals surface area contributed by atoms with Crippen LogP contribution in [0.5, 0.6) is 0 Å². The summed E-state index contributed by atoms with van der Waals surface area (Å²) in [5, 5.41) is 20.2. The maximum absolute atomic E-state index is 10.9. The van der Waals surface area contributed by atoms with Crippen molar-refractivity contribution in [2.75, 3.05) is 31.3 Å². The maximum atomic E-state index is 10.9. The number of anilines is 1. The van der Waals surface area contributed by atoms with Crippen LogP contribution in [0.15, 0.2) is 24.3 Å². The second-order valence-electron chi connectivity index (χ2n) is 3.85. The molecule has 92 valence electrons. The number of morpholine rings is 1. The number of aliphatic hydroxyl groups excluding tert-OH is 1. The highest BCUT2D eigenvalue weighted by Gasteiger charge is 2.27. The number of nitro benzene ring substituents is 1. The van der Waals surface area contributed by atoms with Gasteiger partial charge in [0, 0.05) is 12.6 Å². The number of nitro groups is 1. The van der Waals surface area contributed by atoms with E-state index in [1.807, 2.05) is 4.90 Å². The minimum atomic E-state index is -0.404. The topological polar surface area (TPSA) is 75.8 Å². The lowest BCUT2D eigenvalue weighted by molar-refractivity contribution is -0.384. The van der Waals surface area contributed by atoms with E-state index in [1.54, 1.807) is 18.2 Å². The van der Waals surface area contributed by atoms with Crippen LogP contribution in [0, 0.1) is 10.1 Å². The van der Waals surface area contributed by atoms with E-state index in [1.165, 1.54) is 6.07 Å². The van der Waals surface area contributed by atoms with Gasteiger partial charge >= 0.3 is 0 Å². The average Bonchev–Trinajstić information content (AvgIpc) is 2.38. The molecule has 0 amide bonds. The standard InChI is InChI=1S/C11H14N2O4/c14-7-9-8-17-6-5-12(9)10-3-1-2-4-11(10)13(15)16/h1-4,9,14H,5-8H2. The molecule has 1 saturated heterocycles. The Labute approximate surface area is 98.6 Å². The van der Waals surface area contributed by atoms with E-state index in [2.05, 4.69) is 0 Å². The lowest BCUT2D eigenvalue weighted by Crippen LogP contribution is -2.47. The molecule has 17 heavy (non-hydrogen) atoms. The molecule has 0 radical (unpaired) electrons. The molecule has 1 aliphatic heterocycles. The third-order valence-electron chi connectivity index (χ3n) is 2.83. The summed E-state index contributed by atoms with van der Waals surface area (Å²) >= 11 is 0. The van der Waals surface area contributed by atoms with Crippen molar-refractivity contribution in [3.63, 3.8) is 0 Å². The van der Waals surface area contributed by atoms with Gasteiger partial charge in [0.2, 0.25) is 0 Å². The van der Waals surface area contributed by atoms with Crippen molar-refractivity contribution in [3.05, 3.63) is 34.4 Å². The van der Waals surface area contributed by atoms with Crippen LogP contribution in [0.3, 0.4) is 0 Å². The Morgan fingerprint density at radius 2 is 2.29 bits per heavy atom. The summed E-state index contributed by atoms with van der Waals surface area (Å²) < 4.78 is 5.25. The lowest BCUT2D eigenvalue weighted by atomic mass is 10.1.